The zero-order valence-corrected chi connectivity index (χ0v) is 12.7. The van der Waals surface area contributed by atoms with Gasteiger partial charge in [-0.05, 0) is 18.6 Å². The highest BCUT2D eigenvalue weighted by Crippen LogP contribution is 2.10. The van der Waals surface area contributed by atoms with Gasteiger partial charge in [0.2, 0.25) is 11.7 Å². The number of para-hydroxylation sites is 1. The first-order valence-electron chi connectivity index (χ1n) is 7.51. The number of unbranched alkanes of at least 4 members (excludes halogenated alkanes) is 1. The Morgan fingerprint density at radius 3 is 2.86 bits per heavy atom. The number of Topliss-reactive ketones (excluding diaryl/α,β-unsaturated/α-hetero) is 1. The average Bonchev–Trinajstić information content (AvgIpc) is 3.04. The Labute approximate surface area is 129 Å². The monoisotopic (exact) mass is 303 g/mol. The first kappa shape index (κ1) is 16.0. The molecule has 2 N–H and O–H groups in total. The Hall–Kier alpha value is -2.37. The maximum Gasteiger partial charge on any atom is 0.244 e. The van der Waals surface area contributed by atoms with Crippen molar-refractivity contribution in [3.63, 3.8) is 0 Å². The van der Waals surface area contributed by atoms with Crippen molar-refractivity contribution in [3.8, 4) is 5.75 Å². The molecule has 0 aromatic heterocycles. The number of carbonyl (C=O) groups is 2. The van der Waals surface area contributed by atoms with Gasteiger partial charge in [-0.25, -0.2) is 0 Å². The molecule has 1 heterocycles. The lowest BCUT2D eigenvalue weighted by atomic mass is 10.1. The molecule has 6 nitrogen and oxygen atoms in total. The van der Waals surface area contributed by atoms with Gasteiger partial charge in [-0.2, -0.15) is 5.10 Å². The molecule has 1 aromatic carbocycles. The molecule has 0 aliphatic carbocycles. The predicted molar refractivity (Wildman–Crippen MR) is 83.8 cm³/mol. The van der Waals surface area contributed by atoms with E-state index in [1.165, 1.54) is 0 Å². The molecule has 1 unspecified atom stereocenters. The number of rotatable bonds is 8. The lowest BCUT2D eigenvalue weighted by Crippen LogP contribution is -2.40. The van der Waals surface area contributed by atoms with Crippen LogP contribution in [0.5, 0.6) is 5.75 Å². The predicted octanol–water partition coefficient (Wildman–Crippen LogP) is 1.27. The van der Waals surface area contributed by atoms with E-state index in [0.717, 1.165) is 12.8 Å². The van der Waals surface area contributed by atoms with Crippen molar-refractivity contribution in [1.82, 2.24) is 10.7 Å². The second-order valence-corrected chi connectivity index (χ2v) is 5.11. The number of carbonyl (C=O) groups excluding carboxylic acids is 2. The van der Waals surface area contributed by atoms with Crippen molar-refractivity contribution < 1.29 is 14.3 Å². The number of hydrogen-bond donors (Lipinski definition) is 2. The van der Waals surface area contributed by atoms with E-state index in [1.54, 1.807) is 12.1 Å². The fraction of sp³-hybridized carbons (Fsp3) is 0.438. The average molecular weight is 303 g/mol. The van der Waals surface area contributed by atoms with Gasteiger partial charge < -0.3 is 10.1 Å². The minimum absolute atomic E-state index is 0.0747. The fourth-order valence-corrected chi connectivity index (χ4v) is 2.03. The van der Waals surface area contributed by atoms with E-state index < -0.39 is 6.04 Å². The highest BCUT2D eigenvalue weighted by atomic mass is 16.5. The minimum Gasteiger partial charge on any atom is -0.485 e. The summed E-state index contributed by atoms with van der Waals surface area (Å²) >= 11 is 0. The molecule has 2 rings (SSSR count). The van der Waals surface area contributed by atoms with Gasteiger partial charge in [-0.15, -0.1) is 0 Å². The number of hydrazone groups is 1. The topological polar surface area (TPSA) is 79.8 Å². The number of ether oxygens (including phenoxy) is 1. The van der Waals surface area contributed by atoms with E-state index in [1.807, 2.05) is 18.2 Å². The third-order valence-electron chi connectivity index (χ3n) is 3.33. The van der Waals surface area contributed by atoms with Gasteiger partial charge in [0.1, 0.15) is 17.5 Å². The van der Waals surface area contributed by atoms with Crippen LogP contribution in [0, 0.1) is 0 Å². The number of nitrogens with one attached hydrogen (secondary N) is 2. The van der Waals surface area contributed by atoms with Gasteiger partial charge >= 0.3 is 0 Å². The zero-order chi connectivity index (χ0) is 15.8. The number of nitrogens with zero attached hydrogens (tertiary/aromatic N) is 1. The summed E-state index contributed by atoms with van der Waals surface area (Å²) in [6.45, 7) is 2.63. The summed E-state index contributed by atoms with van der Waals surface area (Å²) in [5.41, 5.74) is 3.07. The van der Waals surface area contributed by atoms with Crippen LogP contribution in [0.4, 0.5) is 0 Å². The highest BCUT2D eigenvalue weighted by molar-refractivity contribution is 6.41. The van der Waals surface area contributed by atoms with Gasteiger partial charge in [0.15, 0.2) is 6.61 Å². The minimum atomic E-state index is -0.465. The molecule has 0 bridgehead atoms. The van der Waals surface area contributed by atoms with Gasteiger partial charge in [0, 0.05) is 13.0 Å². The molecule has 0 fully saturated rings. The molecule has 6 heteroatoms. The number of amides is 1. The van der Waals surface area contributed by atoms with Crippen molar-refractivity contribution in [2.24, 2.45) is 5.10 Å². The molecule has 0 saturated heterocycles. The molecular formula is C16H21N3O3. The van der Waals surface area contributed by atoms with Crippen LogP contribution in [0.3, 0.4) is 0 Å². The Morgan fingerprint density at radius 1 is 1.36 bits per heavy atom. The molecule has 1 atom stereocenters. The molecule has 1 aliphatic heterocycles. The van der Waals surface area contributed by atoms with Crippen molar-refractivity contribution in [2.75, 3.05) is 13.2 Å². The van der Waals surface area contributed by atoms with Gasteiger partial charge in [0.05, 0.1) is 0 Å². The van der Waals surface area contributed by atoms with E-state index in [9.17, 15) is 9.59 Å². The number of benzene rings is 1. The molecule has 1 aliphatic rings. The zero-order valence-electron chi connectivity index (χ0n) is 12.7. The number of ketones is 1. The summed E-state index contributed by atoms with van der Waals surface area (Å²) in [4.78, 5) is 23.9. The second kappa shape index (κ2) is 8.17. The van der Waals surface area contributed by atoms with Crippen molar-refractivity contribution in [2.45, 2.75) is 32.2 Å². The van der Waals surface area contributed by atoms with E-state index in [-0.39, 0.29) is 18.3 Å². The van der Waals surface area contributed by atoms with Crippen LogP contribution < -0.4 is 15.5 Å². The van der Waals surface area contributed by atoms with E-state index in [0.29, 0.717) is 24.4 Å². The lowest BCUT2D eigenvalue weighted by molar-refractivity contribution is -0.122. The molecule has 1 aromatic rings. The summed E-state index contributed by atoms with van der Waals surface area (Å²) in [5.74, 6) is 0.306. The normalized spacial score (nSPS) is 16.6. The first-order valence-corrected chi connectivity index (χ1v) is 7.51. The smallest absolute Gasteiger partial charge is 0.244 e. The molecule has 22 heavy (non-hydrogen) atoms. The Balaban J connectivity index is 1.75. The van der Waals surface area contributed by atoms with Crippen LogP contribution in [-0.2, 0) is 9.59 Å². The summed E-state index contributed by atoms with van der Waals surface area (Å²) in [6, 6.07) is 8.66. The second-order valence-electron chi connectivity index (χ2n) is 5.11. The molecular weight excluding hydrogens is 282 g/mol. The van der Waals surface area contributed by atoms with Crippen LogP contribution in [0.25, 0.3) is 0 Å². The summed E-state index contributed by atoms with van der Waals surface area (Å²) in [6.07, 6.45) is 2.26. The summed E-state index contributed by atoms with van der Waals surface area (Å²) in [7, 11) is 0. The van der Waals surface area contributed by atoms with Crippen molar-refractivity contribution in [1.29, 1.82) is 0 Å². The summed E-state index contributed by atoms with van der Waals surface area (Å²) in [5, 5.41) is 6.78. The third-order valence-corrected chi connectivity index (χ3v) is 3.33. The standard InChI is InChI=1S/C16H21N3O3/c1-2-3-9-17-16(21)14-10-13(18-19-14)15(20)11-22-12-7-5-4-6-8-12/h4-8,14,19H,2-3,9-11H2,1H3,(H,17,21). The highest BCUT2D eigenvalue weighted by Gasteiger charge is 2.28. The SMILES string of the molecule is CCCCNC(=O)C1CC(C(=O)COc2ccccc2)=NN1. The van der Waals surface area contributed by atoms with Crippen LogP contribution in [0.2, 0.25) is 0 Å². The van der Waals surface area contributed by atoms with E-state index >= 15 is 0 Å². The third kappa shape index (κ3) is 4.58. The first-order chi connectivity index (χ1) is 10.7. The summed E-state index contributed by atoms with van der Waals surface area (Å²) < 4.78 is 5.40. The number of hydrogen-bond acceptors (Lipinski definition) is 5. The van der Waals surface area contributed by atoms with Gasteiger partial charge in [-0.3, -0.25) is 15.0 Å². The molecule has 118 valence electrons. The van der Waals surface area contributed by atoms with Crippen LogP contribution in [-0.4, -0.2) is 36.6 Å². The van der Waals surface area contributed by atoms with Crippen LogP contribution >= 0.6 is 0 Å². The van der Waals surface area contributed by atoms with Gasteiger partial charge in [-0.1, -0.05) is 31.5 Å². The molecule has 0 radical (unpaired) electrons. The molecule has 0 saturated carbocycles. The van der Waals surface area contributed by atoms with Crippen LogP contribution in [0.1, 0.15) is 26.2 Å². The lowest BCUT2D eigenvalue weighted by Gasteiger charge is -2.10. The molecule has 1 amide bonds. The Bertz CT molecular complexity index is 543. The van der Waals surface area contributed by atoms with Crippen molar-refractivity contribution in [3.05, 3.63) is 30.3 Å². The Kier molecular flexibility index (Phi) is 5.94. The quantitative estimate of drug-likeness (QED) is 0.709. The fourth-order valence-electron chi connectivity index (χ4n) is 2.03. The van der Waals surface area contributed by atoms with Crippen molar-refractivity contribution >= 4 is 17.4 Å². The Morgan fingerprint density at radius 2 is 2.14 bits per heavy atom. The van der Waals surface area contributed by atoms with E-state index in [2.05, 4.69) is 22.8 Å². The maximum atomic E-state index is 12.0. The molecule has 0 spiro atoms. The van der Waals surface area contributed by atoms with Crippen LogP contribution in [0.15, 0.2) is 35.4 Å². The van der Waals surface area contributed by atoms with Gasteiger partial charge in [0.25, 0.3) is 0 Å². The maximum absolute atomic E-state index is 12.0. The largest absolute Gasteiger partial charge is 0.485 e. The van der Waals surface area contributed by atoms with E-state index in [4.69, 9.17) is 4.74 Å².